The van der Waals surface area contributed by atoms with Crippen molar-refractivity contribution >= 4 is 33.3 Å². The van der Waals surface area contributed by atoms with Gasteiger partial charge in [-0.25, -0.2) is 14.8 Å². The molecule has 0 aliphatic carbocycles. The predicted octanol–water partition coefficient (Wildman–Crippen LogP) is 2.98. The van der Waals surface area contributed by atoms with Gasteiger partial charge in [-0.1, -0.05) is 12.1 Å². The molecule has 25 heavy (non-hydrogen) atoms. The molecule has 0 spiro atoms. The summed E-state index contributed by atoms with van der Waals surface area (Å²) in [6, 6.07) is 9.21. The van der Waals surface area contributed by atoms with Crippen LogP contribution in [0.2, 0.25) is 0 Å². The lowest BCUT2D eigenvalue weighted by molar-refractivity contribution is 0.0601. The van der Waals surface area contributed by atoms with Crippen molar-refractivity contribution in [1.29, 1.82) is 0 Å². The van der Waals surface area contributed by atoms with Crippen molar-refractivity contribution in [3.05, 3.63) is 41.3 Å². The molecule has 1 aliphatic heterocycles. The molecule has 0 saturated carbocycles. The van der Waals surface area contributed by atoms with Gasteiger partial charge in [0.15, 0.2) is 11.6 Å². The number of hydrogen-bond donors (Lipinski definition) is 0. The molecule has 1 aromatic carbocycles. The first-order valence-electron chi connectivity index (χ1n) is 8.03. The number of fused-ring (bicyclic) bond motifs is 1. The summed E-state index contributed by atoms with van der Waals surface area (Å²) in [5, 5.41) is 2.03. The van der Waals surface area contributed by atoms with Gasteiger partial charge in [-0.05, 0) is 23.6 Å². The molecule has 0 bridgehead atoms. The zero-order valence-electron chi connectivity index (χ0n) is 13.8. The number of hydrogen-bond acceptors (Lipinski definition) is 7. The van der Waals surface area contributed by atoms with Crippen molar-refractivity contribution in [2.75, 3.05) is 38.3 Å². The highest BCUT2D eigenvalue weighted by Gasteiger charge is 2.19. The average molecular weight is 355 g/mol. The van der Waals surface area contributed by atoms with Gasteiger partial charge in [0.2, 0.25) is 0 Å². The van der Waals surface area contributed by atoms with Gasteiger partial charge in [-0.15, -0.1) is 11.3 Å². The van der Waals surface area contributed by atoms with Crippen LogP contribution in [0.4, 0.5) is 5.82 Å². The number of aromatic nitrogens is 2. The fourth-order valence-electron chi connectivity index (χ4n) is 2.87. The fourth-order valence-corrected chi connectivity index (χ4v) is 3.72. The number of carbonyl (C=O) groups is 1. The summed E-state index contributed by atoms with van der Waals surface area (Å²) in [5.41, 5.74) is 2.20. The molecule has 0 N–H and O–H groups in total. The van der Waals surface area contributed by atoms with E-state index in [2.05, 4.69) is 9.88 Å². The molecule has 3 heterocycles. The zero-order chi connectivity index (χ0) is 17.2. The van der Waals surface area contributed by atoms with Crippen molar-refractivity contribution in [3.63, 3.8) is 0 Å². The van der Waals surface area contributed by atoms with Crippen LogP contribution < -0.4 is 4.90 Å². The Hall–Kier alpha value is -2.51. The lowest BCUT2D eigenvalue weighted by Crippen LogP contribution is -2.36. The Labute approximate surface area is 149 Å². The monoisotopic (exact) mass is 355 g/mol. The average Bonchev–Trinajstić information content (AvgIpc) is 3.16. The van der Waals surface area contributed by atoms with Gasteiger partial charge in [0.05, 0.1) is 36.1 Å². The van der Waals surface area contributed by atoms with Crippen molar-refractivity contribution in [1.82, 2.24) is 9.97 Å². The second-order valence-corrected chi connectivity index (χ2v) is 6.59. The van der Waals surface area contributed by atoms with Crippen LogP contribution in [-0.2, 0) is 9.47 Å². The lowest BCUT2D eigenvalue weighted by atomic mass is 10.1. The lowest BCUT2D eigenvalue weighted by Gasteiger charge is -2.28. The first-order chi connectivity index (χ1) is 12.3. The number of morpholine rings is 1. The van der Waals surface area contributed by atoms with E-state index in [1.54, 1.807) is 23.5 Å². The SMILES string of the molecule is COC(=O)c1cccc(-c2nc(N3CCOCC3)c3sccc3n2)c1. The Kier molecular flexibility index (Phi) is 4.33. The van der Waals surface area contributed by atoms with Gasteiger partial charge in [0.1, 0.15) is 0 Å². The van der Waals surface area contributed by atoms with Crippen LogP contribution in [0, 0.1) is 0 Å². The summed E-state index contributed by atoms with van der Waals surface area (Å²) < 4.78 is 11.3. The summed E-state index contributed by atoms with van der Waals surface area (Å²) >= 11 is 1.64. The Morgan fingerprint density at radius 1 is 1.24 bits per heavy atom. The molecule has 7 heteroatoms. The molecule has 3 aromatic rings. The molecule has 1 saturated heterocycles. The normalized spacial score (nSPS) is 14.7. The number of benzene rings is 1. The van der Waals surface area contributed by atoms with Gasteiger partial charge in [-0.2, -0.15) is 0 Å². The molecule has 2 aromatic heterocycles. The molecule has 0 unspecified atom stereocenters. The summed E-state index contributed by atoms with van der Waals surface area (Å²) in [6.45, 7) is 3.02. The summed E-state index contributed by atoms with van der Waals surface area (Å²) in [4.78, 5) is 23.5. The van der Waals surface area contributed by atoms with E-state index in [9.17, 15) is 4.79 Å². The van der Waals surface area contributed by atoms with Crippen LogP contribution in [0.25, 0.3) is 21.6 Å². The Balaban J connectivity index is 1.81. The van der Waals surface area contributed by atoms with E-state index in [1.165, 1.54) is 7.11 Å². The van der Waals surface area contributed by atoms with Gasteiger partial charge in [0, 0.05) is 18.7 Å². The number of carbonyl (C=O) groups excluding carboxylic acids is 1. The van der Waals surface area contributed by atoms with Crippen molar-refractivity contribution in [3.8, 4) is 11.4 Å². The molecule has 4 rings (SSSR count). The number of nitrogens with zero attached hydrogens (tertiary/aromatic N) is 3. The van der Waals surface area contributed by atoms with Gasteiger partial charge in [0.25, 0.3) is 0 Å². The van der Waals surface area contributed by atoms with E-state index in [0.717, 1.165) is 34.7 Å². The molecule has 0 atom stereocenters. The maximum Gasteiger partial charge on any atom is 0.337 e. The van der Waals surface area contributed by atoms with Crippen LogP contribution in [0.3, 0.4) is 0 Å². The van der Waals surface area contributed by atoms with Crippen LogP contribution >= 0.6 is 11.3 Å². The molecule has 1 aliphatic rings. The van der Waals surface area contributed by atoms with Gasteiger partial charge >= 0.3 is 5.97 Å². The molecule has 0 radical (unpaired) electrons. The first-order valence-corrected chi connectivity index (χ1v) is 8.91. The third-order valence-corrected chi connectivity index (χ3v) is 5.04. The van der Waals surface area contributed by atoms with E-state index in [1.807, 2.05) is 23.6 Å². The molecule has 0 amide bonds. The predicted molar refractivity (Wildman–Crippen MR) is 97.2 cm³/mol. The van der Waals surface area contributed by atoms with E-state index in [4.69, 9.17) is 14.5 Å². The quantitative estimate of drug-likeness (QED) is 0.673. The highest BCUT2D eigenvalue weighted by molar-refractivity contribution is 7.17. The van der Waals surface area contributed by atoms with Crippen molar-refractivity contribution in [2.45, 2.75) is 0 Å². The van der Waals surface area contributed by atoms with E-state index in [0.29, 0.717) is 24.6 Å². The fraction of sp³-hybridized carbons (Fsp3) is 0.278. The molecule has 6 nitrogen and oxygen atoms in total. The van der Waals surface area contributed by atoms with Crippen LogP contribution in [0.1, 0.15) is 10.4 Å². The van der Waals surface area contributed by atoms with Crippen molar-refractivity contribution in [2.24, 2.45) is 0 Å². The third kappa shape index (κ3) is 3.08. The highest BCUT2D eigenvalue weighted by atomic mass is 32.1. The third-order valence-electron chi connectivity index (χ3n) is 4.14. The van der Waals surface area contributed by atoms with Crippen molar-refractivity contribution < 1.29 is 14.3 Å². The van der Waals surface area contributed by atoms with E-state index < -0.39 is 0 Å². The van der Waals surface area contributed by atoms with E-state index in [-0.39, 0.29) is 5.97 Å². The smallest absolute Gasteiger partial charge is 0.337 e. The highest BCUT2D eigenvalue weighted by Crippen LogP contribution is 2.32. The topological polar surface area (TPSA) is 64.5 Å². The minimum Gasteiger partial charge on any atom is -0.465 e. The van der Waals surface area contributed by atoms with Gasteiger partial charge < -0.3 is 14.4 Å². The number of thiophene rings is 1. The standard InChI is InChI=1S/C18H17N3O3S/c1-23-18(22)13-4-2-3-12(11-13)16-19-14-5-10-25-15(14)17(20-16)21-6-8-24-9-7-21/h2-5,10-11H,6-9H2,1H3. The van der Waals surface area contributed by atoms with Crippen LogP contribution in [0.5, 0.6) is 0 Å². The zero-order valence-corrected chi connectivity index (χ0v) is 14.6. The molecule has 1 fully saturated rings. The number of methoxy groups -OCH3 is 1. The van der Waals surface area contributed by atoms with Gasteiger partial charge in [-0.3, -0.25) is 0 Å². The molecular weight excluding hydrogens is 338 g/mol. The Morgan fingerprint density at radius 2 is 2.08 bits per heavy atom. The maximum atomic E-state index is 11.8. The van der Waals surface area contributed by atoms with Crippen LogP contribution in [0.15, 0.2) is 35.7 Å². The van der Waals surface area contributed by atoms with Crippen LogP contribution in [-0.4, -0.2) is 49.4 Å². The van der Waals surface area contributed by atoms with E-state index >= 15 is 0 Å². The first kappa shape index (κ1) is 16.0. The second kappa shape index (κ2) is 6.78. The summed E-state index contributed by atoms with van der Waals surface area (Å²) in [7, 11) is 1.37. The number of esters is 1. The molecular formula is C18H17N3O3S. The summed E-state index contributed by atoms with van der Waals surface area (Å²) in [6.07, 6.45) is 0. The number of ether oxygens (including phenoxy) is 2. The second-order valence-electron chi connectivity index (χ2n) is 5.68. The number of anilines is 1. The number of rotatable bonds is 3. The summed E-state index contributed by atoms with van der Waals surface area (Å²) in [5.74, 6) is 1.17. The Bertz CT molecular complexity index is 919. The Morgan fingerprint density at radius 3 is 2.88 bits per heavy atom. The molecule has 128 valence electrons. The maximum absolute atomic E-state index is 11.8. The minimum absolute atomic E-state index is 0.369. The minimum atomic E-state index is -0.369. The largest absolute Gasteiger partial charge is 0.465 e.